The molecule has 1 aliphatic heterocycles. The van der Waals surface area contributed by atoms with Gasteiger partial charge in [-0.3, -0.25) is 0 Å². The molecule has 0 radical (unpaired) electrons. The highest BCUT2D eigenvalue weighted by molar-refractivity contribution is 5.86. The Kier molecular flexibility index (Phi) is 4.96. The lowest BCUT2D eigenvalue weighted by Crippen LogP contribution is -2.59. The quantitative estimate of drug-likeness (QED) is 0.312. The van der Waals surface area contributed by atoms with Crippen molar-refractivity contribution in [1.82, 2.24) is 0 Å². The van der Waals surface area contributed by atoms with Crippen molar-refractivity contribution in [2.45, 2.75) is 43.5 Å². The average Bonchev–Trinajstić information content (AvgIpc) is 2.97. The van der Waals surface area contributed by atoms with E-state index in [1.54, 1.807) is 12.2 Å². The SMILES string of the molecule is O=C(O)/C(O[C@@H]1O[C@H](CO)[C@@H](O)[C@H](O)[C@H]1O)=C1\C=CCC1. The molecule has 1 saturated heterocycles. The summed E-state index contributed by atoms with van der Waals surface area (Å²) in [5.41, 5.74) is 0.444. The Balaban J connectivity index is 2.18. The molecule has 1 heterocycles. The molecule has 0 aromatic rings. The summed E-state index contributed by atoms with van der Waals surface area (Å²) < 4.78 is 10.3. The molecule has 2 aliphatic rings. The second-order valence-electron chi connectivity index (χ2n) is 4.92. The summed E-state index contributed by atoms with van der Waals surface area (Å²) in [6.07, 6.45) is -2.84. The lowest BCUT2D eigenvalue weighted by molar-refractivity contribution is -0.291. The van der Waals surface area contributed by atoms with Crippen LogP contribution in [0.15, 0.2) is 23.5 Å². The number of hydrogen-bond donors (Lipinski definition) is 5. The van der Waals surface area contributed by atoms with Crippen molar-refractivity contribution in [3.63, 3.8) is 0 Å². The third-order valence-electron chi connectivity index (χ3n) is 3.47. The average molecular weight is 302 g/mol. The van der Waals surface area contributed by atoms with E-state index in [1.807, 2.05) is 0 Å². The summed E-state index contributed by atoms with van der Waals surface area (Å²) >= 11 is 0. The summed E-state index contributed by atoms with van der Waals surface area (Å²) in [5, 5.41) is 47.3. The Morgan fingerprint density at radius 2 is 2.00 bits per heavy atom. The lowest BCUT2D eigenvalue weighted by Gasteiger charge is -2.39. The van der Waals surface area contributed by atoms with Crippen LogP contribution in [-0.4, -0.2) is 68.8 Å². The first kappa shape index (κ1) is 15.9. The Labute approximate surface area is 120 Å². The maximum Gasteiger partial charge on any atom is 0.371 e. The molecule has 21 heavy (non-hydrogen) atoms. The fraction of sp³-hybridized carbons (Fsp3) is 0.615. The number of allylic oxidation sites excluding steroid dienone is 3. The first-order valence-corrected chi connectivity index (χ1v) is 6.56. The molecule has 1 fully saturated rings. The number of rotatable bonds is 4. The highest BCUT2D eigenvalue weighted by atomic mass is 16.7. The molecule has 0 spiro atoms. The molecule has 0 unspecified atom stereocenters. The van der Waals surface area contributed by atoms with Gasteiger partial charge in [-0.15, -0.1) is 0 Å². The molecule has 0 bridgehead atoms. The maximum absolute atomic E-state index is 11.2. The van der Waals surface area contributed by atoms with E-state index in [-0.39, 0.29) is 5.76 Å². The van der Waals surface area contributed by atoms with E-state index in [0.29, 0.717) is 18.4 Å². The fourth-order valence-corrected chi connectivity index (χ4v) is 2.28. The minimum atomic E-state index is -1.64. The smallest absolute Gasteiger partial charge is 0.371 e. The van der Waals surface area contributed by atoms with E-state index in [2.05, 4.69) is 0 Å². The Morgan fingerprint density at radius 3 is 2.52 bits per heavy atom. The molecule has 8 nitrogen and oxygen atoms in total. The van der Waals surface area contributed by atoms with Crippen molar-refractivity contribution in [3.05, 3.63) is 23.5 Å². The van der Waals surface area contributed by atoms with E-state index in [4.69, 9.17) is 14.6 Å². The predicted molar refractivity (Wildman–Crippen MR) is 67.9 cm³/mol. The van der Waals surface area contributed by atoms with Crippen LogP contribution >= 0.6 is 0 Å². The third kappa shape index (κ3) is 3.25. The number of carboxylic acids is 1. The number of hydrogen-bond acceptors (Lipinski definition) is 7. The first-order chi connectivity index (χ1) is 9.95. The second kappa shape index (κ2) is 6.54. The molecule has 5 atom stereocenters. The number of carbonyl (C=O) groups is 1. The predicted octanol–water partition coefficient (Wildman–Crippen LogP) is -1.51. The van der Waals surface area contributed by atoms with Crippen molar-refractivity contribution >= 4 is 5.97 Å². The van der Waals surface area contributed by atoms with Crippen molar-refractivity contribution in [1.29, 1.82) is 0 Å². The van der Waals surface area contributed by atoms with Gasteiger partial charge in [0.25, 0.3) is 0 Å². The Hall–Kier alpha value is -1.45. The van der Waals surface area contributed by atoms with E-state index in [9.17, 15) is 25.2 Å². The molecule has 8 heteroatoms. The standard InChI is InChI=1S/C13H18O8/c14-5-7-8(15)9(16)10(17)13(20-7)21-11(12(18)19)6-3-1-2-4-6/h1,3,7-10,13-17H,2,4-5H2,(H,18,19)/b11-6-/t7-,8-,9+,10-,13+/m1/s1. The molecule has 1 aliphatic carbocycles. The van der Waals surface area contributed by atoms with Crippen LogP contribution in [0.1, 0.15) is 12.8 Å². The van der Waals surface area contributed by atoms with E-state index < -0.39 is 43.3 Å². The van der Waals surface area contributed by atoms with Gasteiger partial charge in [0.2, 0.25) is 12.0 Å². The first-order valence-electron chi connectivity index (χ1n) is 6.56. The van der Waals surface area contributed by atoms with Crippen LogP contribution in [0.2, 0.25) is 0 Å². The van der Waals surface area contributed by atoms with E-state index in [1.165, 1.54) is 0 Å². The van der Waals surface area contributed by atoms with Crippen LogP contribution in [-0.2, 0) is 14.3 Å². The monoisotopic (exact) mass is 302 g/mol. The number of aliphatic carboxylic acids is 1. The van der Waals surface area contributed by atoms with Crippen molar-refractivity contribution < 1.29 is 39.8 Å². The van der Waals surface area contributed by atoms with Gasteiger partial charge in [0, 0.05) is 5.57 Å². The van der Waals surface area contributed by atoms with E-state index >= 15 is 0 Å². The number of aliphatic hydroxyl groups excluding tert-OH is 4. The van der Waals surface area contributed by atoms with Gasteiger partial charge < -0.3 is 35.0 Å². The van der Waals surface area contributed by atoms with Crippen LogP contribution in [0.5, 0.6) is 0 Å². The summed E-state index contributed by atoms with van der Waals surface area (Å²) in [7, 11) is 0. The number of carboxylic acid groups (broad SMARTS) is 1. The summed E-state index contributed by atoms with van der Waals surface area (Å²) in [6, 6.07) is 0. The van der Waals surface area contributed by atoms with Crippen LogP contribution < -0.4 is 0 Å². The molecular weight excluding hydrogens is 284 g/mol. The molecule has 2 rings (SSSR count). The molecule has 0 aromatic carbocycles. The van der Waals surface area contributed by atoms with Gasteiger partial charge in [0.1, 0.15) is 24.4 Å². The molecule has 0 amide bonds. The van der Waals surface area contributed by atoms with Gasteiger partial charge in [-0.1, -0.05) is 12.2 Å². The summed E-state index contributed by atoms with van der Waals surface area (Å²) in [5.74, 6) is -1.71. The van der Waals surface area contributed by atoms with Crippen LogP contribution in [0.4, 0.5) is 0 Å². The maximum atomic E-state index is 11.2. The Bertz CT molecular complexity index is 455. The van der Waals surface area contributed by atoms with Gasteiger partial charge in [-0.05, 0) is 12.8 Å². The molecule has 0 saturated carbocycles. The van der Waals surface area contributed by atoms with Gasteiger partial charge in [0.05, 0.1) is 6.61 Å². The van der Waals surface area contributed by atoms with Crippen molar-refractivity contribution in [3.8, 4) is 0 Å². The number of ether oxygens (including phenoxy) is 2. The van der Waals surface area contributed by atoms with Crippen LogP contribution in [0, 0.1) is 0 Å². The third-order valence-corrected chi connectivity index (χ3v) is 3.47. The zero-order chi connectivity index (χ0) is 15.6. The zero-order valence-electron chi connectivity index (χ0n) is 11.1. The largest absolute Gasteiger partial charge is 0.475 e. The Morgan fingerprint density at radius 1 is 1.29 bits per heavy atom. The van der Waals surface area contributed by atoms with Crippen LogP contribution in [0.3, 0.4) is 0 Å². The van der Waals surface area contributed by atoms with Gasteiger partial charge in [-0.25, -0.2) is 4.79 Å². The lowest BCUT2D eigenvalue weighted by atomic mass is 9.99. The van der Waals surface area contributed by atoms with Crippen molar-refractivity contribution in [2.24, 2.45) is 0 Å². The highest BCUT2D eigenvalue weighted by Gasteiger charge is 2.45. The minimum absolute atomic E-state index is 0.381. The molecule has 5 N–H and O–H groups in total. The molecular formula is C13H18O8. The van der Waals surface area contributed by atoms with Gasteiger partial charge in [-0.2, -0.15) is 0 Å². The minimum Gasteiger partial charge on any atom is -0.475 e. The summed E-state index contributed by atoms with van der Waals surface area (Å²) in [4.78, 5) is 11.2. The topological polar surface area (TPSA) is 137 Å². The summed E-state index contributed by atoms with van der Waals surface area (Å²) in [6.45, 7) is -0.607. The fourth-order valence-electron chi connectivity index (χ4n) is 2.28. The van der Waals surface area contributed by atoms with Crippen LogP contribution in [0.25, 0.3) is 0 Å². The number of aliphatic hydroxyl groups is 4. The van der Waals surface area contributed by atoms with Crippen molar-refractivity contribution in [2.75, 3.05) is 6.61 Å². The van der Waals surface area contributed by atoms with E-state index in [0.717, 1.165) is 0 Å². The normalized spacial score (nSPS) is 38.4. The van der Waals surface area contributed by atoms with Gasteiger partial charge in [0.15, 0.2) is 0 Å². The molecule has 118 valence electrons. The van der Waals surface area contributed by atoms with Gasteiger partial charge >= 0.3 is 5.97 Å². The highest BCUT2D eigenvalue weighted by Crippen LogP contribution is 2.27. The molecule has 0 aromatic heterocycles. The second-order valence-corrected chi connectivity index (χ2v) is 4.92. The zero-order valence-corrected chi connectivity index (χ0v) is 11.1.